The molecule has 84 valence electrons. The van der Waals surface area contributed by atoms with Crippen LogP contribution in [0.15, 0.2) is 24.3 Å². The Morgan fingerprint density at radius 2 is 1.87 bits per heavy atom. The molecule has 0 saturated heterocycles. The molecule has 0 aromatic heterocycles. The van der Waals surface area contributed by atoms with Crippen molar-refractivity contribution in [1.82, 2.24) is 0 Å². The second kappa shape index (κ2) is 5.32. The van der Waals surface area contributed by atoms with E-state index in [2.05, 4.69) is 0 Å². The fourth-order valence-electron chi connectivity index (χ4n) is 1.04. The molecule has 0 aliphatic heterocycles. The molecule has 1 aromatic carbocycles. The van der Waals surface area contributed by atoms with Crippen molar-refractivity contribution < 1.29 is 17.5 Å². The number of alkyl halides is 1. The van der Waals surface area contributed by atoms with Gasteiger partial charge in [-0.25, -0.2) is 12.8 Å². The van der Waals surface area contributed by atoms with E-state index in [1.807, 2.05) is 0 Å². The molecule has 3 nitrogen and oxygen atoms in total. The minimum Gasteiger partial charge on any atom is -0.491 e. The first-order chi connectivity index (χ1) is 7.01. The summed E-state index contributed by atoms with van der Waals surface area (Å²) in [5.74, 6) is 0.279. The number of rotatable bonds is 5. The first kappa shape index (κ1) is 12.3. The Balaban J connectivity index is 2.64. The Kier molecular flexibility index (Phi) is 4.35. The van der Waals surface area contributed by atoms with Gasteiger partial charge in [-0.2, -0.15) is 0 Å². The van der Waals surface area contributed by atoms with E-state index in [-0.39, 0.29) is 12.4 Å². The van der Waals surface area contributed by atoms with Crippen LogP contribution in [0.2, 0.25) is 0 Å². The molecule has 0 N–H and O–H groups in total. The highest BCUT2D eigenvalue weighted by atomic mass is 35.7. The van der Waals surface area contributed by atoms with E-state index in [4.69, 9.17) is 15.4 Å². The van der Waals surface area contributed by atoms with Crippen LogP contribution in [0.1, 0.15) is 5.56 Å². The fourth-order valence-corrected chi connectivity index (χ4v) is 2.01. The van der Waals surface area contributed by atoms with E-state index in [0.29, 0.717) is 11.3 Å². The molecule has 0 fully saturated rings. The van der Waals surface area contributed by atoms with Crippen molar-refractivity contribution in [2.45, 2.75) is 5.75 Å². The van der Waals surface area contributed by atoms with Gasteiger partial charge >= 0.3 is 0 Å². The minimum atomic E-state index is -3.54. The zero-order valence-electron chi connectivity index (χ0n) is 7.82. The number of hydrogen-bond donors (Lipinski definition) is 0. The molecule has 1 rings (SSSR count). The zero-order valence-corrected chi connectivity index (χ0v) is 9.39. The lowest BCUT2D eigenvalue weighted by molar-refractivity contribution is 0.273. The summed E-state index contributed by atoms with van der Waals surface area (Å²) in [4.78, 5) is 0. The number of hydrogen-bond acceptors (Lipinski definition) is 3. The Morgan fingerprint density at radius 3 is 2.33 bits per heavy atom. The molecule has 0 saturated carbocycles. The third kappa shape index (κ3) is 4.99. The molecule has 1 aromatic rings. The highest BCUT2D eigenvalue weighted by Gasteiger charge is 2.06. The molecule has 6 heteroatoms. The number of halogens is 2. The molecule has 0 heterocycles. The van der Waals surface area contributed by atoms with Gasteiger partial charge in [0.05, 0.1) is 5.75 Å². The average molecular weight is 253 g/mol. The first-order valence-corrected chi connectivity index (χ1v) is 6.69. The smallest absolute Gasteiger partial charge is 0.236 e. The topological polar surface area (TPSA) is 43.4 Å². The molecule has 15 heavy (non-hydrogen) atoms. The molecule has 0 unspecified atom stereocenters. The quantitative estimate of drug-likeness (QED) is 0.754. The van der Waals surface area contributed by atoms with Gasteiger partial charge in [0.25, 0.3) is 0 Å². The second-order valence-corrected chi connectivity index (χ2v) is 5.64. The molecule has 0 aliphatic rings. The van der Waals surface area contributed by atoms with Gasteiger partial charge in [0.15, 0.2) is 0 Å². The van der Waals surface area contributed by atoms with Gasteiger partial charge in [0.2, 0.25) is 9.05 Å². The summed E-state index contributed by atoms with van der Waals surface area (Å²) in [5.41, 5.74) is 0.567. The van der Waals surface area contributed by atoms with Crippen LogP contribution in [0.25, 0.3) is 0 Å². The maximum atomic E-state index is 11.8. The first-order valence-electron chi connectivity index (χ1n) is 4.21. The third-order valence-corrected chi connectivity index (χ3v) is 2.61. The largest absolute Gasteiger partial charge is 0.491 e. The van der Waals surface area contributed by atoms with Crippen molar-refractivity contribution in [3.63, 3.8) is 0 Å². The Labute approximate surface area is 92.2 Å². The van der Waals surface area contributed by atoms with Crippen LogP contribution in [0.5, 0.6) is 5.75 Å². The summed E-state index contributed by atoms with van der Waals surface area (Å²) in [6, 6.07) is 6.31. The normalized spacial score (nSPS) is 11.3. The summed E-state index contributed by atoms with van der Waals surface area (Å²) in [6.07, 6.45) is 0. The standard InChI is InChI=1S/C9H10ClFO3S/c10-15(12,13)7-8-1-3-9(4-2-8)14-6-5-11/h1-4H,5-7H2. The maximum Gasteiger partial charge on any atom is 0.236 e. The van der Waals surface area contributed by atoms with Gasteiger partial charge in [-0.15, -0.1) is 0 Å². The minimum absolute atomic E-state index is 0.00679. The van der Waals surface area contributed by atoms with Crippen LogP contribution in [0.4, 0.5) is 4.39 Å². The lowest BCUT2D eigenvalue weighted by Gasteiger charge is -2.04. The summed E-state index contributed by atoms with van der Waals surface area (Å²) >= 11 is 0. The van der Waals surface area contributed by atoms with Gasteiger partial charge in [-0.3, -0.25) is 0 Å². The van der Waals surface area contributed by atoms with Crippen LogP contribution in [0, 0.1) is 0 Å². The molecular weight excluding hydrogens is 243 g/mol. The second-order valence-electron chi connectivity index (χ2n) is 2.86. The molecule has 0 spiro atoms. The van der Waals surface area contributed by atoms with Gasteiger partial charge in [0, 0.05) is 10.7 Å². The highest BCUT2D eigenvalue weighted by Crippen LogP contribution is 2.15. The van der Waals surface area contributed by atoms with E-state index in [0.717, 1.165) is 0 Å². The Hall–Kier alpha value is -0.810. The van der Waals surface area contributed by atoms with E-state index in [1.54, 1.807) is 24.3 Å². The van der Waals surface area contributed by atoms with Crippen molar-refractivity contribution in [1.29, 1.82) is 0 Å². The SMILES string of the molecule is O=S(=O)(Cl)Cc1ccc(OCCF)cc1. The Morgan fingerprint density at radius 1 is 1.27 bits per heavy atom. The van der Waals surface area contributed by atoms with Crippen molar-refractivity contribution in [2.24, 2.45) is 0 Å². The summed E-state index contributed by atoms with van der Waals surface area (Å²) in [5, 5.41) is 0. The summed E-state index contributed by atoms with van der Waals surface area (Å²) in [7, 11) is 1.55. The van der Waals surface area contributed by atoms with E-state index in [9.17, 15) is 12.8 Å². The van der Waals surface area contributed by atoms with Gasteiger partial charge in [-0.05, 0) is 17.7 Å². The molecule has 0 bridgehead atoms. The summed E-state index contributed by atoms with van der Waals surface area (Å²) in [6.45, 7) is -0.565. The average Bonchev–Trinajstić information content (AvgIpc) is 2.14. The summed E-state index contributed by atoms with van der Waals surface area (Å²) < 4.78 is 38.2. The molecular formula is C9H10ClFO3S. The van der Waals surface area contributed by atoms with Gasteiger partial charge in [-0.1, -0.05) is 12.1 Å². The predicted molar refractivity (Wildman–Crippen MR) is 56.4 cm³/mol. The van der Waals surface area contributed by atoms with E-state index in [1.165, 1.54) is 0 Å². The monoisotopic (exact) mass is 252 g/mol. The van der Waals surface area contributed by atoms with E-state index >= 15 is 0 Å². The molecule has 0 aliphatic carbocycles. The zero-order chi connectivity index (χ0) is 11.3. The van der Waals surface area contributed by atoms with Crippen molar-refractivity contribution in [3.05, 3.63) is 29.8 Å². The molecule has 0 amide bonds. The molecule has 0 radical (unpaired) electrons. The highest BCUT2D eigenvalue weighted by molar-refractivity contribution is 8.13. The van der Waals surface area contributed by atoms with E-state index < -0.39 is 15.7 Å². The third-order valence-electron chi connectivity index (χ3n) is 1.61. The van der Waals surface area contributed by atoms with Crippen molar-refractivity contribution in [3.8, 4) is 5.75 Å². The lowest BCUT2D eigenvalue weighted by Crippen LogP contribution is -1.99. The van der Waals surface area contributed by atoms with Gasteiger partial charge < -0.3 is 4.74 Å². The lowest BCUT2D eigenvalue weighted by atomic mass is 10.2. The Bertz CT molecular complexity index is 402. The van der Waals surface area contributed by atoms with Crippen LogP contribution in [-0.2, 0) is 14.8 Å². The van der Waals surface area contributed by atoms with Crippen LogP contribution in [-0.4, -0.2) is 21.7 Å². The number of ether oxygens (including phenoxy) is 1. The van der Waals surface area contributed by atoms with Crippen molar-refractivity contribution >= 4 is 19.7 Å². The maximum absolute atomic E-state index is 11.8. The van der Waals surface area contributed by atoms with Gasteiger partial charge in [0.1, 0.15) is 19.0 Å². The van der Waals surface area contributed by atoms with Crippen molar-refractivity contribution in [2.75, 3.05) is 13.3 Å². The molecule has 0 atom stereocenters. The van der Waals surface area contributed by atoms with Crippen LogP contribution in [0.3, 0.4) is 0 Å². The predicted octanol–water partition coefficient (Wildman–Crippen LogP) is 2.10. The van der Waals surface area contributed by atoms with Crippen LogP contribution >= 0.6 is 10.7 Å². The number of benzene rings is 1. The fraction of sp³-hybridized carbons (Fsp3) is 0.333. The van der Waals surface area contributed by atoms with Crippen LogP contribution < -0.4 is 4.74 Å².